The van der Waals surface area contributed by atoms with Crippen LogP contribution >= 0.6 is 11.6 Å². The van der Waals surface area contributed by atoms with E-state index >= 15 is 0 Å². The van der Waals surface area contributed by atoms with Crippen LogP contribution in [0.25, 0.3) is 0 Å². The first-order valence-electron chi connectivity index (χ1n) is 7.36. The molecule has 1 fully saturated rings. The van der Waals surface area contributed by atoms with Gasteiger partial charge in [0, 0.05) is 18.6 Å². The van der Waals surface area contributed by atoms with Gasteiger partial charge in [-0.1, -0.05) is 36.9 Å². The molecule has 1 saturated carbocycles. The normalized spacial score (nSPS) is 18.4. The van der Waals surface area contributed by atoms with Crippen LogP contribution in [0.15, 0.2) is 18.2 Å². The summed E-state index contributed by atoms with van der Waals surface area (Å²) >= 11 is 5.70. The number of halogens is 2. The third-order valence-corrected chi connectivity index (χ3v) is 4.81. The maximum absolute atomic E-state index is 13.4. The van der Waals surface area contributed by atoms with Crippen molar-refractivity contribution >= 4 is 11.6 Å². The molecule has 0 atom stereocenters. The lowest BCUT2D eigenvalue weighted by Crippen LogP contribution is -2.52. The van der Waals surface area contributed by atoms with Gasteiger partial charge in [-0.05, 0) is 44.6 Å². The molecule has 1 aromatic rings. The quantitative estimate of drug-likeness (QED) is 0.889. The summed E-state index contributed by atoms with van der Waals surface area (Å²) in [7, 11) is 4.32. The SMILES string of the molecule is CN(C)C1(CNCc2ccc(Cl)c(F)c2)CCCCC1. The second-order valence-corrected chi connectivity index (χ2v) is 6.44. The Morgan fingerprint density at radius 2 is 1.95 bits per heavy atom. The maximum atomic E-state index is 13.4. The van der Waals surface area contributed by atoms with Gasteiger partial charge in [0.25, 0.3) is 0 Å². The van der Waals surface area contributed by atoms with E-state index in [1.54, 1.807) is 6.07 Å². The topological polar surface area (TPSA) is 15.3 Å². The molecule has 20 heavy (non-hydrogen) atoms. The van der Waals surface area contributed by atoms with Crippen LogP contribution in [-0.2, 0) is 6.54 Å². The summed E-state index contributed by atoms with van der Waals surface area (Å²) < 4.78 is 13.4. The van der Waals surface area contributed by atoms with Crippen molar-refractivity contribution in [2.45, 2.75) is 44.2 Å². The van der Waals surface area contributed by atoms with Crippen molar-refractivity contribution in [3.63, 3.8) is 0 Å². The van der Waals surface area contributed by atoms with E-state index in [2.05, 4.69) is 24.3 Å². The standard InChI is InChI=1S/C16H24ClFN2/c1-20(2)16(8-4-3-5-9-16)12-19-11-13-6-7-14(17)15(18)10-13/h6-7,10,19H,3-5,8-9,11-12H2,1-2H3. The van der Waals surface area contributed by atoms with Crippen molar-refractivity contribution in [3.05, 3.63) is 34.6 Å². The van der Waals surface area contributed by atoms with Gasteiger partial charge in [-0.25, -0.2) is 4.39 Å². The second kappa shape index (κ2) is 6.88. The van der Waals surface area contributed by atoms with E-state index in [1.165, 1.54) is 38.2 Å². The molecule has 0 aliphatic heterocycles. The van der Waals surface area contributed by atoms with Gasteiger partial charge in [-0.2, -0.15) is 0 Å². The van der Waals surface area contributed by atoms with E-state index in [0.29, 0.717) is 6.54 Å². The molecule has 112 valence electrons. The summed E-state index contributed by atoms with van der Waals surface area (Å²) in [6, 6.07) is 5.01. The predicted molar refractivity (Wildman–Crippen MR) is 82.6 cm³/mol. The van der Waals surface area contributed by atoms with Crippen molar-refractivity contribution in [3.8, 4) is 0 Å². The predicted octanol–water partition coefficient (Wildman–Crippen LogP) is 3.83. The van der Waals surface area contributed by atoms with Gasteiger partial charge >= 0.3 is 0 Å². The first-order valence-corrected chi connectivity index (χ1v) is 7.73. The van der Waals surface area contributed by atoms with E-state index in [4.69, 9.17) is 11.6 Å². The van der Waals surface area contributed by atoms with Crippen molar-refractivity contribution in [1.82, 2.24) is 10.2 Å². The Kier molecular flexibility index (Phi) is 5.42. The molecular formula is C16H24ClFN2. The smallest absolute Gasteiger partial charge is 0.142 e. The largest absolute Gasteiger partial charge is 0.311 e. The second-order valence-electron chi connectivity index (χ2n) is 6.03. The van der Waals surface area contributed by atoms with Crippen molar-refractivity contribution < 1.29 is 4.39 Å². The summed E-state index contributed by atoms with van der Waals surface area (Å²) in [6.45, 7) is 1.63. The molecule has 1 aromatic carbocycles. The molecule has 1 N–H and O–H groups in total. The Bertz CT molecular complexity index is 442. The number of likely N-dealkylation sites (N-methyl/N-ethyl adjacent to an activating group) is 1. The number of hydrogen-bond acceptors (Lipinski definition) is 2. The highest BCUT2D eigenvalue weighted by atomic mass is 35.5. The van der Waals surface area contributed by atoms with E-state index in [0.717, 1.165) is 12.1 Å². The average Bonchev–Trinajstić information content (AvgIpc) is 2.44. The minimum atomic E-state index is -0.342. The lowest BCUT2D eigenvalue weighted by Gasteiger charge is -2.43. The Morgan fingerprint density at radius 3 is 2.55 bits per heavy atom. The zero-order valence-corrected chi connectivity index (χ0v) is 13.1. The summed E-state index contributed by atoms with van der Waals surface area (Å²) in [5.41, 5.74) is 1.19. The fourth-order valence-electron chi connectivity index (χ4n) is 3.08. The Labute approximate surface area is 126 Å². The van der Waals surface area contributed by atoms with Crippen molar-refractivity contribution in [2.75, 3.05) is 20.6 Å². The molecule has 0 heterocycles. The van der Waals surface area contributed by atoms with E-state index in [1.807, 2.05) is 6.07 Å². The van der Waals surface area contributed by atoms with Gasteiger partial charge in [0.15, 0.2) is 0 Å². The van der Waals surface area contributed by atoms with Gasteiger partial charge in [-0.3, -0.25) is 0 Å². The average molecular weight is 299 g/mol. The Morgan fingerprint density at radius 1 is 1.25 bits per heavy atom. The summed E-state index contributed by atoms with van der Waals surface area (Å²) in [6.07, 6.45) is 6.42. The van der Waals surface area contributed by atoms with Crippen LogP contribution in [-0.4, -0.2) is 31.1 Å². The van der Waals surface area contributed by atoms with Gasteiger partial charge in [0.05, 0.1) is 5.02 Å². The molecule has 0 saturated heterocycles. The molecule has 2 nitrogen and oxygen atoms in total. The summed E-state index contributed by atoms with van der Waals surface area (Å²) in [4.78, 5) is 2.35. The van der Waals surface area contributed by atoms with Crippen LogP contribution in [0.4, 0.5) is 4.39 Å². The van der Waals surface area contributed by atoms with Crippen LogP contribution in [0.3, 0.4) is 0 Å². The zero-order valence-electron chi connectivity index (χ0n) is 12.4. The molecular weight excluding hydrogens is 275 g/mol. The minimum Gasteiger partial charge on any atom is -0.311 e. The lowest BCUT2D eigenvalue weighted by atomic mass is 9.80. The number of nitrogens with zero attached hydrogens (tertiary/aromatic N) is 1. The molecule has 0 bridgehead atoms. The fourth-order valence-corrected chi connectivity index (χ4v) is 3.20. The third-order valence-electron chi connectivity index (χ3n) is 4.50. The van der Waals surface area contributed by atoms with E-state index in [9.17, 15) is 4.39 Å². The summed E-state index contributed by atoms with van der Waals surface area (Å²) in [5.74, 6) is -0.342. The molecule has 0 radical (unpaired) electrons. The minimum absolute atomic E-state index is 0.186. The zero-order chi connectivity index (χ0) is 14.6. The molecule has 0 unspecified atom stereocenters. The van der Waals surface area contributed by atoms with Crippen LogP contribution in [0.2, 0.25) is 5.02 Å². The van der Waals surface area contributed by atoms with Crippen molar-refractivity contribution in [1.29, 1.82) is 0 Å². The van der Waals surface area contributed by atoms with Crippen LogP contribution in [0, 0.1) is 5.82 Å². The number of nitrogens with one attached hydrogen (secondary N) is 1. The Balaban J connectivity index is 1.91. The third kappa shape index (κ3) is 3.72. The van der Waals surface area contributed by atoms with Gasteiger partial charge in [0.2, 0.25) is 0 Å². The van der Waals surface area contributed by atoms with Crippen LogP contribution in [0.1, 0.15) is 37.7 Å². The monoisotopic (exact) mass is 298 g/mol. The maximum Gasteiger partial charge on any atom is 0.142 e. The Hall–Kier alpha value is -0.640. The number of rotatable bonds is 5. The molecule has 0 spiro atoms. The first-order chi connectivity index (χ1) is 9.53. The highest BCUT2D eigenvalue weighted by Gasteiger charge is 2.33. The van der Waals surface area contributed by atoms with E-state index in [-0.39, 0.29) is 16.4 Å². The summed E-state index contributed by atoms with van der Waals surface area (Å²) in [5, 5.41) is 3.67. The molecule has 1 aliphatic rings. The van der Waals surface area contributed by atoms with Crippen LogP contribution < -0.4 is 5.32 Å². The van der Waals surface area contributed by atoms with Gasteiger partial charge in [0.1, 0.15) is 5.82 Å². The fraction of sp³-hybridized carbons (Fsp3) is 0.625. The molecule has 4 heteroatoms. The lowest BCUT2D eigenvalue weighted by molar-refractivity contribution is 0.0984. The first kappa shape index (κ1) is 15.7. The molecule has 2 rings (SSSR count). The van der Waals surface area contributed by atoms with Gasteiger partial charge in [-0.15, -0.1) is 0 Å². The van der Waals surface area contributed by atoms with Crippen LogP contribution in [0.5, 0.6) is 0 Å². The van der Waals surface area contributed by atoms with Gasteiger partial charge < -0.3 is 10.2 Å². The number of hydrogen-bond donors (Lipinski definition) is 1. The van der Waals surface area contributed by atoms with Crippen molar-refractivity contribution in [2.24, 2.45) is 0 Å². The molecule has 1 aliphatic carbocycles. The molecule has 0 aromatic heterocycles. The number of benzene rings is 1. The van der Waals surface area contributed by atoms with E-state index < -0.39 is 0 Å². The highest BCUT2D eigenvalue weighted by Crippen LogP contribution is 2.31. The molecule has 0 amide bonds. The highest BCUT2D eigenvalue weighted by molar-refractivity contribution is 6.30.